The molecule has 1 aliphatic rings. The van der Waals surface area contributed by atoms with Gasteiger partial charge in [-0.25, -0.2) is 0 Å². The molecule has 1 aliphatic carbocycles. The average molecular weight is 273 g/mol. The Hall–Kier alpha value is -2.12. The Morgan fingerprint density at radius 2 is 1.67 bits per heavy atom. The minimum atomic E-state index is 0.696. The Balaban J connectivity index is 1.39. The van der Waals surface area contributed by atoms with Crippen molar-refractivity contribution < 1.29 is 0 Å². The van der Waals surface area contributed by atoms with Gasteiger partial charge < -0.3 is 5.32 Å². The Morgan fingerprint density at radius 3 is 2.57 bits per heavy atom. The van der Waals surface area contributed by atoms with Gasteiger partial charge in [-0.1, -0.05) is 60.7 Å². The Bertz CT molecular complexity index is 775. The van der Waals surface area contributed by atoms with Crippen molar-refractivity contribution in [1.29, 1.82) is 0 Å². The molecule has 0 saturated carbocycles. The van der Waals surface area contributed by atoms with E-state index in [1.54, 1.807) is 0 Å². The average Bonchev–Trinajstić information content (AvgIpc) is 2.51. The first-order valence-electron chi connectivity index (χ1n) is 7.66. The second-order valence-corrected chi connectivity index (χ2v) is 5.91. The first kappa shape index (κ1) is 12.6. The molecule has 21 heavy (non-hydrogen) atoms. The van der Waals surface area contributed by atoms with E-state index < -0.39 is 0 Å². The van der Waals surface area contributed by atoms with Gasteiger partial charge in [0.05, 0.1) is 0 Å². The second kappa shape index (κ2) is 5.34. The van der Waals surface area contributed by atoms with Crippen LogP contribution in [0.4, 0.5) is 0 Å². The maximum atomic E-state index is 3.61. The molecule has 3 aromatic rings. The van der Waals surface area contributed by atoms with Crippen molar-refractivity contribution in [3.05, 3.63) is 83.4 Å². The van der Waals surface area contributed by atoms with Crippen LogP contribution in [-0.2, 0) is 13.0 Å². The first-order valence-corrected chi connectivity index (χ1v) is 7.66. The molecule has 0 bridgehead atoms. The highest BCUT2D eigenvalue weighted by atomic mass is 14.9. The van der Waals surface area contributed by atoms with Gasteiger partial charge in [-0.15, -0.1) is 0 Å². The second-order valence-electron chi connectivity index (χ2n) is 5.91. The smallest absolute Gasteiger partial charge is 0.0205 e. The molecule has 0 amide bonds. The van der Waals surface area contributed by atoms with E-state index in [0.29, 0.717) is 5.92 Å². The maximum Gasteiger partial charge on any atom is 0.0205 e. The largest absolute Gasteiger partial charge is 0.312 e. The van der Waals surface area contributed by atoms with Gasteiger partial charge in [0.25, 0.3) is 0 Å². The SMILES string of the molecule is c1ccc2c(c1)CC2CNCc1ccc2ccccc2c1. The lowest BCUT2D eigenvalue weighted by Crippen LogP contribution is -2.28. The van der Waals surface area contributed by atoms with Gasteiger partial charge in [0.2, 0.25) is 0 Å². The normalized spacial score (nSPS) is 16.5. The summed E-state index contributed by atoms with van der Waals surface area (Å²) in [6.07, 6.45) is 1.22. The molecule has 0 spiro atoms. The lowest BCUT2D eigenvalue weighted by Gasteiger charge is -2.30. The van der Waals surface area contributed by atoms with E-state index in [4.69, 9.17) is 0 Å². The lowest BCUT2D eigenvalue weighted by atomic mass is 9.77. The zero-order valence-electron chi connectivity index (χ0n) is 12.0. The van der Waals surface area contributed by atoms with Crippen LogP contribution in [0.1, 0.15) is 22.6 Å². The van der Waals surface area contributed by atoms with Crippen LogP contribution in [0.2, 0.25) is 0 Å². The van der Waals surface area contributed by atoms with Crippen molar-refractivity contribution in [2.75, 3.05) is 6.54 Å². The molecule has 0 radical (unpaired) electrons. The van der Waals surface area contributed by atoms with Crippen molar-refractivity contribution >= 4 is 10.8 Å². The summed E-state index contributed by atoms with van der Waals surface area (Å²) in [5.41, 5.74) is 4.42. The molecule has 1 heteroatoms. The fraction of sp³-hybridized carbons (Fsp3) is 0.200. The van der Waals surface area contributed by atoms with E-state index in [0.717, 1.165) is 13.1 Å². The Labute approximate surface area is 125 Å². The zero-order valence-corrected chi connectivity index (χ0v) is 12.0. The highest BCUT2D eigenvalue weighted by molar-refractivity contribution is 5.82. The monoisotopic (exact) mass is 273 g/mol. The highest BCUT2D eigenvalue weighted by Crippen LogP contribution is 2.34. The van der Waals surface area contributed by atoms with Crippen LogP contribution in [0.15, 0.2) is 66.7 Å². The number of fused-ring (bicyclic) bond motifs is 2. The summed E-state index contributed by atoms with van der Waals surface area (Å²) in [5.74, 6) is 0.696. The third-order valence-electron chi connectivity index (χ3n) is 4.49. The molecule has 1 atom stereocenters. The maximum absolute atomic E-state index is 3.61. The van der Waals surface area contributed by atoms with E-state index >= 15 is 0 Å². The summed E-state index contributed by atoms with van der Waals surface area (Å²) in [7, 11) is 0. The van der Waals surface area contributed by atoms with Crippen LogP contribution < -0.4 is 5.32 Å². The summed E-state index contributed by atoms with van der Waals surface area (Å²) < 4.78 is 0. The quantitative estimate of drug-likeness (QED) is 0.748. The predicted octanol–water partition coefficient (Wildman–Crippen LogP) is 4.27. The van der Waals surface area contributed by atoms with Crippen molar-refractivity contribution in [1.82, 2.24) is 5.32 Å². The van der Waals surface area contributed by atoms with Gasteiger partial charge in [-0.05, 0) is 39.9 Å². The van der Waals surface area contributed by atoms with Gasteiger partial charge in [-0.2, -0.15) is 0 Å². The Morgan fingerprint density at radius 1 is 0.857 bits per heavy atom. The lowest BCUT2D eigenvalue weighted by molar-refractivity contribution is 0.536. The molecular formula is C20H19N. The summed E-state index contributed by atoms with van der Waals surface area (Å²) >= 11 is 0. The van der Waals surface area contributed by atoms with E-state index in [-0.39, 0.29) is 0 Å². The molecule has 0 saturated heterocycles. The fourth-order valence-corrected chi connectivity index (χ4v) is 3.28. The van der Waals surface area contributed by atoms with Gasteiger partial charge in [0.15, 0.2) is 0 Å². The number of hydrogen-bond donors (Lipinski definition) is 1. The molecule has 4 rings (SSSR count). The van der Waals surface area contributed by atoms with E-state index in [9.17, 15) is 0 Å². The highest BCUT2D eigenvalue weighted by Gasteiger charge is 2.24. The zero-order chi connectivity index (χ0) is 14.1. The van der Waals surface area contributed by atoms with Gasteiger partial charge in [0.1, 0.15) is 0 Å². The molecule has 0 heterocycles. The molecule has 0 aliphatic heterocycles. The number of benzene rings is 3. The topological polar surface area (TPSA) is 12.0 Å². The van der Waals surface area contributed by atoms with Gasteiger partial charge in [0, 0.05) is 19.0 Å². The van der Waals surface area contributed by atoms with Crippen LogP contribution in [0, 0.1) is 0 Å². The minimum absolute atomic E-state index is 0.696. The van der Waals surface area contributed by atoms with Crippen LogP contribution >= 0.6 is 0 Å². The number of rotatable bonds is 4. The van der Waals surface area contributed by atoms with Crippen molar-refractivity contribution in [2.45, 2.75) is 18.9 Å². The summed E-state index contributed by atoms with van der Waals surface area (Å²) in [6.45, 7) is 2.02. The molecule has 3 aromatic carbocycles. The van der Waals surface area contributed by atoms with Crippen LogP contribution in [-0.4, -0.2) is 6.54 Å². The summed E-state index contributed by atoms with van der Waals surface area (Å²) in [4.78, 5) is 0. The standard InChI is InChI=1S/C20H19N/c1-2-6-17-11-15(9-10-16(17)5-1)13-21-14-19-12-18-7-3-4-8-20(18)19/h1-11,19,21H,12-14H2. The molecule has 1 N–H and O–H groups in total. The van der Waals surface area contributed by atoms with Crippen LogP contribution in [0.3, 0.4) is 0 Å². The van der Waals surface area contributed by atoms with Crippen molar-refractivity contribution in [2.24, 2.45) is 0 Å². The van der Waals surface area contributed by atoms with E-state index in [1.807, 2.05) is 0 Å². The predicted molar refractivity (Wildman–Crippen MR) is 88.5 cm³/mol. The molecule has 1 unspecified atom stereocenters. The minimum Gasteiger partial charge on any atom is -0.312 e. The molecule has 0 aromatic heterocycles. The van der Waals surface area contributed by atoms with Crippen LogP contribution in [0.5, 0.6) is 0 Å². The van der Waals surface area contributed by atoms with E-state index in [1.165, 1.54) is 33.9 Å². The number of hydrogen-bond acceptors (Lipinski definition) is 1. The van der Waals surface area contributed by atoms with Gasteiger partial charge >= 0.3 is 0 Å². The molecule has 1 nitrogen and oxygen atoms in total. The van der Waals surface area contributed by atoms with Crippen molar-refractivity contribution in [3.8, 4) is 0 Å². The summed E-state index contributed by atoms with van der Waals surface area (Å²) in [6, 6.07) is 24.1. The van der Waals surface area contributed by atoms with Crippen LogP contribution in [0.25, 0.3) is 10.8 Å². The third-order valence-corrected chi connectivity index (χ3v) is 4.49. The Kier molecular flexibility index (Phi) is 3.21. The first-order chi connectivity index (χ1) is 10.4. The molecule has 0 fully saturated rings. The number of nitrogens with one attached hydrogen (secondary N) is 1. The molecule has 104 valence electrons. The van der Waals surface area contributed by atoms with Gasteiger partial charge in [-0.3, -0.25) is 0 Å². The third kappa shape index (κ3) is 2.45. The van der Waals surface area contributed by atoms with E-state index in [2.05, 4.69) is 72.0 Å². The fourth-order valence-electron chi connectivity index (χ4n) is 3.28. The summed E-state index contributed by atoms with van der Waals surface area (Å²) in [5, 5.41) is 6.25. The molecular weight excluding hydrogens is 254 g/mol. The van der Waals surface area contributed by atoms with Crippen molar-refractivity contribution in [3.63, 3.8) is 0 Å².